The Morgan fingerprint density at radius 1 is 1.28 bits per heavy atom. The van der Waals surface area contributed by atoms with E-state index < -0.39 is 5.41 Å². The smallest absolute Gasteiger partial charge is 0.302 e. The lowest BCUT2D eigenvalue weighted by Crippen LogP contribution is -2.59. The molecule has 0 aromatic heterocycles. The Bertz CT molecular complexity index is 820. The Morgan fingerprint density at radius 3 is 2.81 bits per heavy atom. The Kier molecular flexibility index (Phi) is 6.50. The van der Waals surface area contributed by atoms with E-state index in [1.807, 2.05) is 6.92 Å². The normalized spacial score (nSPS) is 41.8. The first-order chi connectivity index (χ1) is 15.4. The number of nitriles is 1. The van der Waals surface area contributed by atoms with E-state index in [4.69, 9.17) is 18.9 Å². The van der Waals surface area contributed by atoms with Crippen molar-refractivity contribution in [2.75, 3.05) is 33.7 Å². The van der Waals surface area contributed by atoms with Gasteiger partial charge in [0, 0.05) is 37.7 Å². The van der Waals surface area contributed by atoms with Crippen molar-refractivity contribution in [2.45, 2.75) is 58.5 Å². The predicted octanol–water partition coefficient (Wildman–Crippen LogP) is 3.43. The summed E-state index contributed by atoms with van der Waals surface area (Å²) in [7, 11) is 1.58. The fourth-order valence-corrected chi connectivity index (χ4v) is 7.93. The number of carbonyl (C=O) groups excluding carboxylic acids is 2. The molecule has 4 aliphatic carbocycles. The SMILES string of the molecule is COCOCCOC1[C@@H]2C=CC[C@@H]3[C@@]2(CCOC(C)=O)CC(=O)[C@H]2[C@]13CCC[C@@]2(C)C#N. The van der Waals surface area contributed by atoms with Crippen molar-refractivity contribution in [3.8, 4) is 6.07 Å². The molecule has 4 aliphatic rings. The molecular formula is C25H35NO6. The first-order valence-corrected chi connectivity index (χ1v) is 11.8. The second-order valence-electron chi connectivity index (χ2n) is 10.2. The zero-order valence-electron chi connectivity index (χ0n) is 19.4. The third-order valence-electron chi connectivity index (χ3n) is 8.74. The van der Waals surface area contributed by atoms with Gasteiger partial charge in [-0.3, -0.25) is 9.59 Å². The Morgan fingerprint density at radius 2 is 2.09 bits per heavy atom. The summed E-state index contributed by atoms with van der Waals surface area (Å²) in [6.45, 7) is 4.74. The van der Waals surface area contributed by atoms with Gasteiger partial charge in [0.25, 0.3) is 0 Å². The number of allylic oxidation sites excluding steroid dienone is 1. The number of nitrogens with zero attached hydrogens (tertiary/aromatic N) is 1. The van der Waals surface area contributed by atoms with Crippen molar-refractivity contribution in [1.82, 2.24) is 0 Å². The highest BCUT2D eigenvalue weighted by Gasteiger charge is 2.76. The van der Waals surface area contributed by atoms with Crippen LogP contribution in [0, 0.1) is 45.3 Å². The summed E-state index contributed by atoms with van der Waals surface area (Å²) in [5.41, 5.74) is -1.34. The van der Waals surface area contributed by atoms with Crippen LogP contribution in [0.2, 0.25) is 0 Å². The number of hydrogen-bond acceptors (Lipinski definition) is 7. The van der Waals surface area contributed by atoms with Crippen LogP contribution in [0.25, 0.3) is 0 Å². The summed E-state index contributed by atoms with van der Waals surface area (Å²) in [5, 5.41) is 10.1. The number of Topliss-reactive ketones (excluding diaryl/α,β-unsaturated/α-hetero) is 1. The Balaban J connectivity index is 1.72. The zero-order valence-corrected chi connectivity index (χ0v) is 19.4. The topological polar surface area (TPSA) is 94.8 Å². The fraction of sp³-hybridized carbons (Fsp3) is 0.800. The van der Waals surface area contributed by atoms with Crippen molar-refractivity contribution in [3.05, 3.63) is 12.2 Å². The average molecular weight is 446 g/mol. The molecule has 7 heteroatoms. The molecular weight excluding hydrogens is 410 g/mol. The molecule has 3 fully saturated rings. The highest BCUT2D eigenvalue weighted by Crippen LogP contribution is 2.76. The van der Waals surface area contributed by atoms with Crippen molar-refractivity contribution in [1.29, 1.82) is 5.26 Å². The third kappa shape index (κ3) is 3.43. The van der Waals surface area contributed by atoms with Crippen LogP contribution in [0.3, 0.4) is 0 Å². The first-order valence-electron chi connectivity index (χ1n) is 11.8. The number of ketones is 1. The van der Waals surface area contributed by atoms with E-state index in [2.05, 4.69) is 18.2 Å². The van der Waals surface area contributed by atoms with Gasteiger partial charge in [-0.05, 0) is 43.9 Å². The molecule has 4 rings (SSSR count). The van der Waals surface area contributed by atoms with Gasteiger partial charge in [-0.15, -0.1) is 0 Å². The molecule has 0 saturated heterocycles. The monoisotopic (exact) mass is 445 g/mol. The van der Waals surface area contributed by atoms with Gasteiger partial charge in [0.1, 0.15) is 12.6 Å². The summed E-state index contributed by atoms with van der Waals surface area (Å²) >= 11 is 0. The molecule has 0 aromatic carbocycles. The quantitative estimate of drug-likeness (QED) is 0.232. The van der Waals surface area contributed by atoms with E-state index in [1.165, 1.54) is 6.92 Å². The maximum atomic E-state index is 13.8. The van der Waals surface area contributed by atoms with Crippen LogP contribution in [0.4, 0.5) is 0 Å². The average Bonchev–Trinajstić information content (AvgIpc) is 2.85. The van der Waals surface area contributed by atoms with Crippen molar-refractivity contribution in [2.24, 2.45) is 34.0 Å². The highest BCUT2D eigenvalue weighted by molar-refractivity contribution is 5.86. The van der Waals surface area contributed by atoms with Crippen LogP contribution in [0.1, 0.15) is 52.4 Å². The summed E-state index contributed by atoms with van der Waals surface area (Å²) in [6.07, 6.45) is 8.81. The van der Waals surface area contributed by atoms with Gasteiger partial charge >= 0.3 is 5.97 Å². The van der Waals surface area contributed by atoms with E-state index in [0.717, 1.165) is 25.7 Å². The summed E-state index contributed by atoms with van der Waals surface area (Å²) < 4.78 is 22.3. The minimum atomic E-state index is -0.678. The lowest BCUT2D eigenvalue weighted by atomic mass is 9.44. The van der Waals surface area contributed by atoms with Gasteiger partial charge in [-0.25, -0.2) is 0 Å². The lowest BCUT2D eigenvalue weighted by molar-refractivity contribution is -0.169. The second-order valence-corrected chi connectivity index (χ2v) is 10.2. The van der Waals surface area contributed by atoms with Crippen LogP contribution in [0.5, 0.6) is 0 Å². The van der Waals surface area contributed by atoms with Crippen LogP contribution in [-0.4, -0.2) is 51.6 Å². The molecule has 0 radical (unpaired) electrons. The molecule has 176 valence electrons. The fourth-order valence-electron chi connectivity index (χ4n) is 7.93. The van der Waals surface area contributed by atoms with Gasteiger partial charge in [0.15, 0.2) is 0 Å². The van der Waals surface area contributed by atoms with Gasteiger partial charge in [-0.1, -0.05) is 18.6 Å². The first kappa shape index (κ1) is 23.4. The molecule has 0 amide bonds. The molecule has 7 nitrogen and oxygen atoms in total. The van der Waals surface area contributed by atoms with Crippen molar-refractivity contribution >= 4 is 11.8 Å². The minimum absolute atomic E-state index is 0.0641. The van der Waals surface area contributed by atoms with E-state index >= 15 is 0 Å². The molecule has 1 spiro atoms. The van der Waals surface area contributed by atoms with Crippen LogP contribution in [0.15, 0.2) is 12.2 Å². The number of hydrogen-bond donors (Lipinski definition) is 0. The number of rotatable bonds is 9. The molecule has 0 aliphatic heterocycles. The molecule has 0 aromatic rings. The van der Waals surface area contributed by atoms with Crippen LogP contribution in [-0.2, 0) is 28.5 Å². The number of methoxy groups -OCH3 is 1. The predicted molar refractivity (Wildman–Crippen MR) is 115 cm³/mol. The molecule has 3 saturated carbocycles. The maximum Gasteiger partial charge on any atom is 0.302 e. The van der Waals surface area contributed by atoms with E-state index in [-0.39, 0.29) is 53.2 Å². The van der Waals surface area contributed by atoms with Gasteiger partial charge in [0.2, 0.25) is 0 Å². The Labute approximate surface area is 190 Å². The van der Waals surface area contributed by atoms with Gasteiger partial charge in [0.05, 0.1) is 37.4 Å². The lowest BCUT2D eigenvalue weighted by Gasteiger charge is -2.58. The zero-order chi connectivity index (χ0) is 23.0. The largest absolute Gasteiger partial charge is 0.466 e. The molecule has 32 heavy (non-hydrogen) atoms. The second kappa shape index (κ2) is 8.89. The number of esters is 1. The summed E-state index contributed by atoms with van der Waals surface area (Å²) in [5.74, 6) is -0.131. The van der Waals surface area contributed by atoms with E-state index in [0.29, 0.717) is 32.7 Å². The minimum Gasteiger partial charge on any atom is -0.466 e. The molecule has 1 unspecified atom stereocenters. The van der Waals surface area contributed by atoms with Crippen molar-refractivity contribution < 1.29 is 28.5 Å². The Hall–Kier alpha value is -1.75. The van der Waals surface area contributed by atoms with E-state index in [1.54, 1.807) is 7.11 Å². The van der Waals surface area contributed by atoms with E-state index in [9.17, 15) is 14.9 Å². The van der Waals surface area contributed by atoms with Crippen molar-refractivity contribution in [3.63, 3.8) is 0 Å². The summed E-state index contributed by atoms with van der Waals surface area (Å²) in [4.78, 5) is 25.2. The molecule has 0 heterocycles. The highest BCUT2D eigenvalue weighted by atomic mass is 16.7. The number of carbonyl (C=O) groups is 2. The number of ether oxygens (including phenoxy) is 4. The standard InChI is InChI=1S/C25H35NO6/c1-17(27)31-11-10-24-14-19(28)21-23(2,15-26)8-5-9-25(21)20(24)7-4-6-18(24)22(25)32-13-12-30-16-29-3/h4,6,18,20-22H,5,7-14,16H2,1-3H3/t18-,20+,21+,22?,23-,24-,25+/m0/s1. The molecule has 0 N–H and O–H groups in total. The van der Waals surface area contributed by atoms with Gasteiger partial charge in [-0.2, -0.15) is 5.26 Å². The van der Waals surface area contributed by atoms with Gasteiger partial charge < -0.3 is 18.9 Å². The van der Waals surface area contributed by atoms with Crippen LogP contribution < -0.4 is 0 Å². The molecule has 7 atom stereocenters. The van der Waals surface area contributed by atoms with Crippen LogP contribution >= 0.6 is 0 Å². The third-order valence-corrected chi connectivity index (χ3v) is 8.74. The summed E-state index contributed by atoms with van der Waals surface area (Å²) in [6, 6.07) is 2.54. The molecule has 4 bridgehead atoms. The maximum absolute atomic E-state index is 13.8.